The molecule has 0 spiro atoms. The number of phenols is 1. The van der Waals surface area contributed by atoms with E-state index in [0.29, 0.717) is 24.7 Å². The van der Waals surface area contributed by atoms with Gasteiger partial charge in [-0.25, -0.2) is 0 Å². The highest BCUT2D eigenvalue weighted by molar-refractivity contribution is 9.10. The number of halogens is 1. The number of hydrogen-bond donors (Lipinski definition) is 3. The monoisotopic (exact) mass is 454 g/mol. The van der Waals surface area contributed by atoms with Gasteiger partial charge in [0.25, 0.3) is 0 Å². The molecule has 2 aromatic carbocycles. The average Bonchev–Trinajstić information content (AvgIpc) is 2.73. The van der Waals surface area contributed by atoms with Crippen LogP contribution in [0.25, 0.3) is 11.6 Å². The van der Waals surface area contributed by atoms with Crippen molar-refractivity contribution in [2.75, 3.05) is 6.61 Å². The standard InChI is InChI=1S/C23H24BBrO4/c1-16(15-26)21-11-12-24(28)29-23(21)10-7-18(17-5-3-2-4-6-17)13-19-14-20(25)8-9-22(19)27/h2-6,8-9,11,13-14,23,26-28H,1,7,10,12,15H2/b18-13-. The van der Waals surface area contributed by atoms with Crippen molar-refractivity contribution < 1.29 is 19.9 Å². The molecule has 1 unspecified atom stereocenters. The molecule has 0 aromatic heterocycles. The van der Waals surface area contributed by atoms with E-state index in [1.807, 2.05) is 48.6 Å². The summed E-state index contributed by atoms with van der Waals surface area (Å²) in [5.41, 5.74) is 4.26. The summed E-state index contributed by atoms with van der Waals surface area (Å²) in [6.07, 6.45) is 5.17. The fraction of sp³-hybridized carbons (Fsp3) is 0.217. The molecule has 29 heavy (non-hydrogen) atoms. The number of hydrogen-bond acceptors (Lipinski definition) is 4. The summed E-state index contributed by atoms with van der Waals surface area (Å²) in [7, 11) is -0.853. The number of aliphatic hydroxyl groups is 1. The Labute approximate surface area is 180 Å². The SMILES string of the molecule is C=C(CO)C1=CCB(O)OC1CC/C(=C/c1cc(Br)ccc1O)c1ccccc1. The highest BCUT2D eigenvalue weighted by atomic mass is 79.9. The van der Waals surface area contributed by atoms with Crippen LogP contribution in [0.5, 0.6) is 5.75 Å². The van der Waals surface area contributed by atoms with E-state index in [4.69, 9.17) is 4.65 Å². The zero-order valence-electron chi connectivity index (χ0n) is 16.1. The van der Waals surface area contributed by atoms with Crippen molar-refractivity contribution in [3.05, 3.63) is 87.9 Å². The molecule has 0 aliphatic carbocycles. The molecule has 1 heterocycles. The van der Waals surface area contributed by atoms with Crippen molar-refractivity contribution in [1.82, 2.24) is 0 Å². The molecule has 1 aliphatic rings. The first-order valence-corrected chi connectivity index (χ1v) is 10.3. The molecule has 3 N–H and O–H groups in total. The third kappa shape index (κ3) is 5.70. The summed E-state index contributed by atoms with van der Waals surface area (Å²) in [5.74, 6) is 0.209. The zero-order chi connectivity index (χ0) is 20.8. The van der Waals surface area contributed by atoms with Gasteiger partial charge < -0.3 is 19.9 Å². The normalized spacial score (nSPS) is 17.2. The summed E-state index contributed by atoms with van der Waals surface area (Å²) in [5, 5.41) is 29.7. The number of rotatable bonds is 7. The molecule has 0 saturated heterocycles. The molecule has 2 aromatic rings. The van der Waals surface area contributed by atoms with Gasteiger partial charge in [0.2, 0.25) is 0 Å². The van der Waals surface area contributed by atoms with Gasteiger partial charge >= 0.3 is 7.12 Å². The van der Waals surface area contributed by atoms with E-state index in [0.717, 1.165) is 26.7 Å². The maximum atomic E-state index is 10.3. The Morgan fingerprint density at radius 3 is 2.72 bits per heavy atom. The number of allylic oxidation sites excluding steroid dienone is 2. The van der Waals surface area contributed by atoms with Crippen molar-refractivity contribution in [1.29, 1.82) is 0 Å². The zero-order valence-corrected chi connectivity index (χ0v) is 17.7. The molecule has 0 radical (unpaired) electrons. The third-order valence-corrected chi connectivity index (χ3v) is 5.44. The molecule has 0 fully saturated rings. The summed E-state index contributed by atoms with van der Waals surface area (Å²) >= 11 is 3.45. The van der Waals surface area contributed by atoms with Crippen molar-refractivity contribution in [3.8, 4) is 5.75 Å². The van der Waals surface area contributed by atoms with Crippen molar-refractivity contribution >= 4 is 34.7 Å². The lowest BCUT2D eigenvalue weighted by Crippen LogP contribution is -2.32. The van der Waals surface area contributed by atoms with E-state index in [1.165, 1.54) is 0 Å². The number of benzene rings is 2. The Hall–Kier alpha value is -2.12. The van der Waals surface area contributed by atoms with E-state index in [1.54, 1.807) is 12.1 Å². The largest absolute Gasteiger partial charge is 0.507 e. The highest BCUT2D eigenvalue weighted by Gasteiger charge is 2.28. The predicted molar refractivity (Wildman–Crippen MR) is 121 cm³/mol. The lowest BCUT2D eigenvalue weighted by molar-refractivity contribution is 0.182. The second-order valence-corrected chi connectivity index (χ2v) is 7.93. The van der Waals surface area contributed by atoms with E-state index in [2.05, 4.69) is 22.5 Å². The lowest BCUT2D eigenvalue weighted by atomic mass is 9.78. The van der Waals surface area contributed by atoms with Crippen LogP contribution in [-0.2, 0) is 4.65 Å². The van der Waals surface area contributed by atoms with Gasteiger partial charge in [-0.1, -0.05) is 58.9 Å². The number of phenolic OH excluding ortho intramolecular Hbond substituents is 1. The quantitative estimate of drug-likeness (QED) is 0.414. The molecule has 150 valence electrons. The van der Waals surface area contributed by atoms with E-state index in [9.17, 15) is 15.2 Å². The van der Waals surface area contributed by atoms with Crippen LogP contribution in [-0.4, -0.2) is 35.1 Å². The molecule has 6 heteroatoms. The molecular formula is C23H24BBrO4. The first kappa shape index (κ1) is 21.6. The second-order valence-electron chi connectivity index (χ2n) is 7.01. The van der Waals surface area contributed by atoms with Gasteiger partial charge in [0.1, 0.15) is 5.75 Å². The topological polar surface area (TPSA) is 69.9 Å². The Kier molecular flexibility index (Phi) is 7.50. The van der Waals surface area contributed by atoms with Crippen LogP contribution in [0.4, 0.5) is 0 Å². The van der Waals surface area contributed by atoms with Crippen molar-refractivity contribution in [2.24, 2.45) is 0 Å². The molecule has 0 saturated carbocycles. The van der Waals surface area contributed by atoms with E-state index >= 15 is 0 Å². The Morgan fingerprint density at radius 2 is 2.00 bits per heavy atom. The lowest BCUT2D eigenvalue weighted by Gasteiger charge is -2.28. The van der Waals surface area contributed by atoms with Gasteiger partial charge in [-0.3, -0.25) is 0 Å². The fourth-order valence-electron chi connectivity index (χ4n) is 3.43. The molecule has 1 atom stereocenters. The molecule has 3 rings (SSSR count). The van der Waals surface area contributed by atoms with Gasteiger partial charge in [0, 0.05) is 16.4 Å². The molecule has 1 aliphatic heterocycles. The van der Waals surface area contributed by atoms with Crippen LogP contribution >= 0.6 is 15.9 Å². The Balaban J connectivity index is 1.89. The van der Waals surface area contributed by atoms with Crippen LogP contribution in [0.2, 0.25) is 6.32 Å². The van der Waals surface area contributed by atoms with Gasteiger partial charge in [-0.2, -0.15) is 0 Å². The van der Waals surface area contributed by atoms with Crippen LogP contribution in [0.1, 0.15) is 24.0 Å². The first-order chi connectivity index (χ1) is 14.0. The second kappa shape index (κ2) is 10.1. The molecule has 0 amide bonds. The van der Waals surface area contributed by atoms with Gasteiger partial charge in [-0.15, -0.1) is 0 Å². The summed E-state index contributed by atoms with van der Waals surface area (Å²) < 4.78 is 6.62. The van der Waals surface area contributed by atoms with Crippen LogP contribution in [0.3, 0.4) is 0 Å². The molecule has 4 nitrogen and oxygen atoms in total. The maximum absolute atomic E-state index is 10.3. The van der Waals surface area contributed by atoms with Gasteiger partial charge in [-0.05, 0) is 59.4 Å². The van der Waals surface area contributed by atoms with Gasteiger partial charge in [0.05, 0.1) is 12.7 Å². The average molecular weight is 455 g/mol. The van der Waals surface area contributed by atoms with E-state index in [-0.39, 0.29) is 18.5 Å². The molecular weight excluding hydrogens is 431 g/mol. The summed E-state index contributed by atoms with van der Waals surface area (Å²) in [6, 6.07) is 15.3. The van der Waals surface area contributed by atoms with Crippen molar-refractivity contribution in [3.63, 3.8) is 0 Å². The fourth-order valence-corrected chi connectivity index (χ4v) is 3.81. The summed E-state index contributed by atoms with van der Waals surface area (Å²) in [6.45, 7) is 3.77. The van der Waals surface area contributed by atoms with Crippen LogP contribution in [0.15, 0.2) is 76.8 Å². The maximum Gasteiger partial charge on any atom is 0.458 e. The Morgan fingerprint density at radius 1 is 1.24 bits per heavy atom. The van der Waals surface area contributed by atoms with E-state index < -0.39 is 7.12 Å². The highest BCUT2D eigenvalue weighted by Crippen LogP contribution is 2.32. The van der Waals surface area contributed by atoms with Crippen molar-refractivity contribution in [2.45, 2.75) is 25.3 Å². The summed E-state index contributed by atoms with van der Waals surface area (Å²) in [4.78, 5) is 0. The minimum atomic E-state index is -0.853. The minimum Gasteiger partial charge on any atom is -0.507 e. The number of aliphatic hydroxyl groups excluding tert-OH is 1. The molecule has 0 bridgehead atoms. The van der Waals surface area contributed by atoms with Crippen LogP contribution < -0.4 is 0 Å². The van der Waals surface area contributed by atoms with Gasteiger partial charge in [0.15, 0.2) is 0 Å². The predicted octanol–water partition coefficient (Wildman–Crippen LogP) is 4.83. The number of aromatic hydroxyl groups is 1. The first-order valence-electron chi connectivity index (χ1n) is 9.55. The van der Waals surface area contributed by atoms with Crippen LogP contribution in [0, 0.1) is 0 Å². The minimum absolute atomic E-state index is 0.144. The smallest absolute Gasteiger partial charge is 0.458 e. The Bertz CT molecular complexity index is 924. The third-order valence-electron chi connectivity index (χ3n) is 4.95.